The van der Waals surface area contributed by atoms with Crippen molar-refractivity contribution in [3.63, 3.8) is 0 Å². The van der Waals surface area contributed by atoms with E-state index in [1.807, 2.05) is 14.1 Å². The Morgan fingerprint density at radius 3 is 2.25 bits per heavy atom. The second kappa shape index (κ2) is 5.48. The lowest BCUT2D eigenvalue weighted by molar-refractivity contribution is 0.0755. The van der Waals surface area contributed by atoms with Crippen LogP contribution in [-0.2, 0) is 0 Å². The van der Waals surface area contributed by atoms with Crippen LogP contribution in [0.3, 0.4) is 0 Å². The van der Waals surface area contributed by atoms with E-state index in [4.69, 9.17) is 0 Å². The zero-order valence-corrected chi connectivity index (χ0v) is 8.52. The fourth-order valence-electron chi connectivity index (χ4n) is 0.647. The number of hydrogen-bond donors (Lipinski definition) is 3. The van der Waals surface area contributed by atoms with Crippen LogP contribution in [0.15, 0.2) is 0 Å². The first-order chi connectivity index (χ1) is 5.42. The van der Waals surface area contributed by atoms with Crippen LogP contribution in [0.1, 0.15) is 13.8 Å². The molecule has 0 saturated carbocycles. The Morgan fingerprint density at radius 2 is 1.83 bits per heavy atom. The van der Waals surface area contributed by atoms with Crippen LogP contribution in [0.25, 0.3) is 0 Å². The van der Waals surface area contributed by atoms with E-state index in [2.05, 4.69) is 15.8 Å². The highest BCUT2D eigenvalue weighted by atomic mass is 16.3. The SMILES string of the molecule is CN(C)CCNNCC(C)(C)O. The number of nitrogens with zero attached hydrogens (tertiary/aromatic N) is 1. The summed E-state index contributed by atoms with van der Waals surface area (Å²) in [7, 11) is 4.05. The first-order valence-electron chi connectivity index (χ1n) is 4.24. The van der Waals surface area contributed by atoms with Gasteiger partial charge >= 0.3 is 0 Å². The van der Waals surface area contributed by atoms with Crippen LogP contribution in [0.5, 0.6) is 0 Å². The lowest BCUT2D eigenvalue weighted by Crippen LogP contribution is -2.44. The minimum atomic E-state index is -0.648. The molecule has 74 valence electrons. The molecule has 0 aromatic carbocycles. The highest BCUT2D eigenvalue weighted by Gasteiger charge is 2.10. The molecule has 0 aromatic heterocycles. The van der Waals surface area contributed by atoms with Gasteiger partial charge < -0.3 is 10.0 Å². The molecule has 0 fully saturated rings. The molecule has 0 amide bonds. The third kappa shape index (κ3) is 9.84. The van der Waals surface area contributed by atoms with Crippen molar-refractivity contribution in [1.29, 1.82) is 0 Å². The van der Waals surface area contributed by atoms with Gasteiger partial charge in [-0.3, -0.25) is 10.9 Å². The topological polar surface area (TPSA) is 47.5 Å². The average molecular weight is 175 g/mol. The van der Waals surface area contributed by atoms with Gasteiger partial charge in [-0.15, -0.1) is 0 Å². The molecule has 0 aliphatic carbocycles. The first-order valence-corrected chi connectivity index (χ1v) is 4.24. The van der Waals surface area contributed by atoms with E-state index in [1.165, 1.54) is 0 Å². The van der Waals surface area contributed by atoms with Gasteiger partial charge in [0.2, 0.25) is 0 Å². The summed E-state index contributed by atoms with van der Waals surface area (Å²) in [5, 5.41) is 9.31. The summed E-state index contributed by atoms with van der Waals surface area (Å²) in [5.41, 5.74) is 5.33. The summed E-state index contributed by atoms with van der Waals surface area (Å²) in [6.45, 7) is 5.96. The Labute approximate surface area is 74.9 Å². The molecule has 0 aliphatic heterocycles. The van der Waals surface area contributed by atoms with E-state index < -0.39 is 5.60 Å². The standard InChI is InChI=1S/C8H21N3O/c1-8(2,12)7-10-9-5-6-11(3)4/h9-10,12H,5-7H2,1-4H3. The van der Waals surface area contributed by atoms with Crippen LogP contribution >= 0.6 is 0 Å². The Bertz CT molecular complexity index is 109. The predicted molar refractivity (Wildman–Crippen MR) is 50.9 cm³/mol. The van der Waals surface area contributed by atoms with Crippen LogP contribution < -0.4 is 10.9 Å². The lowest BCUT2D eigenvalue weighted by Gasteiger charge is -2.18. The van der Waals surface area contributed by atoms with Crippen LogP contribution in [0.2, 0.25) is 0 Å². The van der Waals surface area contributed by atoms with Gasteiger partial charge in [-0.05, 0) is 27.9 Å². The summed E-state index contributed by atoms with van der Waals surface area (Å²) in [5.74, 6) is 0. The first kappa shape index (κ1) is 11.8. The maximum absolute atomic E-state index is 9.31. The highest BCUT2D eigenvalue weighted by molar-refractivity contribution is 4.66. The van der Waals surface area contributed by atoms with Crippen molar-refractivity contribution in [2.45, 2.75) is 19.4 Å². The van der Waals surface area contributed by atoms with E-state index in [0.717, 1.165) is 13.1 Å². The molecule has 0 saturated heterocycles. The molecule has 0 aromatic rings. The Hall–Kier alpha value is -0.160. The summed E-state index contributed by atoms with van der Waals surface area (Å²) in [6.07, 6.45) is 0. The van der Waals surface area contributed by atoms with Crippen molar-refractivity contribution in [3.8, 4) is 0 Å². The fourth-order valence-corrected chi connectivity index (χ4v) is 0.647. The molecule has 0 rings (SSSR count). The summed E-state index contributed by atoms with van der Waals surface area (Å²) in [4.78, 5) is 2.10. The second-order valence-corrected chi connectivity index (χ2v) is 3.90. The average Bonchev–Trinajstić information content (AvgIpc) is 1.83. The lowest BCUT2D eigenvalue weighted by atomic mass is 10.1. The molecule has 0 heterocycles. The van der Waals surface area contributed by atoms with Crippen LogP contribution in [-0.4, -0.2) is 49.3 Å². The van der Waals surface area contributed by atoms with Crippen molar-refractivity contribution in [1.82, 2.24) is 15.8 Å². The van der Waals surface area contributed by atoms with E-state index in [-0.39, 0.29) is 0 Å². The molecule has 4 heteroatoms. The number of nitrogens with one attached hydrogen (secondary N) is 2. The molecule has 0 spiro atoms. The van der Waals surface area contributed by atoms with Crippen molar-refractivity contribution in [3.05, 3.63) is 0 Å². The Morgan fingerprint density at radius 1 is 1.25 bits per heavy atom. The van der Waals surface area contributed by atoms with Gasteiger partial charge in [-0.1, -0.05) is 0 Å². The van der Waals surface area contributed by atoms with Crippen molar-refractivity contribution in [2.75, 3.05) is 33.7 Å². The van der Waals surface area contributed by atoms with Gasteiger partial charge in [0.1, 0.15) is 0 Å². The number of likely N-dealkylation sites (N-methyl/N-ethyl adjacent to an activating group) is 1. The summed E-state index contributed by atoms with van der Waals surface area (Å²) < 4.78 is 0. The smallest absolute Gasteiger partial charge is 0.0729 e. The van der Waals surface area contributed by atoms with Gasteiger partial charge in [-0.2, -0.15) is 0 Å². The summed E-state index contributed by atoms with van der Waals surface area (Å²) in [6, 6.07) is 0. The fraction of sp³-hybridized carbons (Fsp3) is 1.00. The van der Waals surface area contributed by atoms with E-state index in [0.29, 0.717) is 6.54 Å². The van der Waals surface area contributed by atoms with Crippen molar-refractivity contribution < 1.29 is 5.11 Å². The van der Waals surface area contributed by atoms with Gasteiger partial charge in [0.25, 0.3) is 0 Å². The minimum absolute atomic E-state index is 0.556. The van der Waals surface area contributed by atoms with Gasteiger partial charge in [-0.25, -0.2) is 0 Å². The number of rotatable bonds is 6. The minimum Gasteiger partial charge on any atom is -0.389 e. The molecular formula is C8H21N3O. The third-order valence-corrected chi connectivity index (χ3v) is 1.33. The molecule has 0 aliphatic rings. The van der Waals surface area contributed by atoms with Crippen molar-refractivity contribution >= 4 is 0 Å². The molecular weight excluding hydrogens is 154 g/mol. The third-order valence-electron chi connectivity index (χ3n) is 1.33. The summed E-state index contributed by atoms with van der Waals surface area (Å²) >= 11 is 0. The van der Waals surface area contributed by atoms with E-state index >= 15 is 0 Å². The molecule has 0 radical (unpaired) electrons. The molecule has 0 unspecified atom stereocenters. The van der Waals surface area contributed by atoms with Crippen LogP contribution in [0, 0.1) is 0 Å². The van der Waals surface area contributed by atoms with Gasteiger partial charge in [0.15, 0.2) is 0 Å². The monoisotopic (exact) mass is 175 g/mol. The Kier molecular flexibility index (Phi) is 5.41. The van der Waals surface area contributed by atoms with Crippen molar-refractivity contribution in [2.24, 2.45) is 0 Å². The predicted octanol–water partition coefficient (Wildman–Crippen LogP) is -0.587. The maximum Gasteiger partial charge on any atom is 0.0729 e. The normalized spacial score (nSPS) is 12.5. The molecule has 3 N–H and O–H groups in total. The zero-order chi connectivity index (χ0) is 9.61. The van der Waals surface area contributed by atoms with Crippen LogP contribution in [0.4, 0.5) is 0 Å². The molecule has 0 bridgehead atoms. The maximum atomic E-state index is 9.31. The molecule has 0 atom stereocenters. The highest BCUT2D eigenvalue weighted by Crippen LogP contribution is 1.95. The van der Waals surface area contributed by atoms with E-state index in [9.17, 15) is 5.11 Å². The van der Waals surface area contributed by atoms with E-state index in [1.54, 1.807) is 13.8 Å². The Balaban J connectivity index is 3.12. The molecule has 4 nitrogen and oxygen atoms in total. The molecule has 12 heavy (non-hydrogen) atoms. The quantitative estimate of drug-likeness (QED) is 0.373. The van der Waals surface area contributed by atoms with Gasteiger partial charge in [0.05, 0.1) is 5.60 Å². The zero-order valence-electron chi connectivity index (χ0n) is 8.52. The number of hydrazine groups is 1. The largest absolute Gasteiger partial charge is 0.389 e. The second-order valence-electron chi connectivity index (χ2n) is 3.90. The number of hydrogen-bond acceptors (Lipinski definition) is 4. The van der Waals surface area contributed by atoms with Gasteiger partial charge in [0, 0.05) is 19.6 Å². The number of aliphatic hydroxyl groups is 1.